The SMILES string of the molecule is CCCC(=O)N1CCN(c2ccc(Cl)cc2NC(=S)NC(=O)c2ccc(Cl)cc2Cl)CC1. The number of benzene rings is 2. The zero-order valence-electron chi connectivity index (χ0n) is 17.5. The Kier molecular flexibility index (Phi) is 8.59. The van der Waals surface area contributed by atoms with Crippen LogP contribution < -0.4 is 15.5 Å². The molecule has 1 heterocycles. The van der Waals surface area contributed by atoms with Gasteiger partial charge >= 0.3 is 0 Å². The molecule has 0 aliphatic carbocycles. The second-order valence-corrected chi connectivity index (χ2v) is 9.00. The van der Waals surface area contributed by atoms with Gasteiger partial charge in [-0.3, -0.25) is 14.9 Å². The van der Waals surface area contributed by atoms with Crippen molar-refractivity contribution in [1.29, 1.82) is 0 Å². The molecule has 0 atom stereocenters. The predicted octanol–water partition coefficient (Wildman–Crippen LogP) is 5.22. The van der Waals surface area contributed by atoms with Crippen LogP contribution in [0.5, 0.6) is 0 Å². The second kappa shape index (κ2) is 11.2. The van der Waals surface area contributed by atoms with Gasteiger partial charge in [0.1, 0.15) is 0 Å². The van der Waals surface area contributed by atoms with Crippen LogP contribution >= 0.6 is 47.0 Å². The van der Waals surface area contributed by atoms with Gasteiger partial charge in [0.2, 0.25) is 5.91 Å². The van der Waals surface area contributed by atoms with Crippen molar-refractivity contribution in [2.24, 2.45) is 0 Å². The number of amides is 2. The lowest BCUT2D eigenvalue weighted by Crippen LogP contribution is -2.49. The Morgan fingerprint density at radius 3 is 2.31 bits per heavy atom. The van der Waals surface area contributed by atoms with Gasteiger partial charge in [-0.2, -0.15) is 0 Å². The van der Waals surface area contributed by atoms with Gasteiger partial charge < -0.3 is 15.1 Å². The summed E-state index contributed by atoms with van der Waals surface area (Å²) >= 11 is 23.5. The van der Waals surface area contributed by atoms with Gasteiger partial charge in [0.05, 0.1) is 22.0 Å². The Bertz CT molecular complexity index is 1030. The summed E-state index contributed by atoms with van der Waals surface area (Å²) in [6, 6.07) is 10.1. The molecule has 2 amide bonds. The van der Waals surface area contributed by atoms with Crippen molar-refractivity contribution < 1.29 is 9.59 Å². The smallest absolute Gasteiger partial charge is 0.258 e. The molecule has 1 saturated heterocycles. The minimum absolute atomic E-state index is 0.112. The molecule has 0 saturated carbocycles. The lowest BCUT2D eigenvalue weighted by Gasteiger charge is -2.37. The summed E-state index contributed by atoms with van der Waals surface area (Å²) in [4.78, 5) is 28.8. The highest BCUT2D eigenvalue weighted by molar-refractivity contribution is 7.80. The van der Waals surface area contributed by atoms with E-state index in [1.807, 2.05) is 17.9 Å². The van der Waals surface area contributed by atoms with Crippen molar-refractivity contribution in [2.75, 3.05) is 36.4 Å². The zero-order chi connectivity index (χ0) is 23.3. The third-order valence-electron chi connectivity index (χ3n) is 5.05. The number of carbonyl (C=O) groups excluding carboxylic acids is 2. The molecule has 0 radical (unpaired) electrons. The van der Waals surface area contributed by atoms with Gasteiger partial charge in [0, 0.05) is 42.6 Å². The highest BCUT2D eigenvalue weighted by atomic mass is 35.5. The number of nitrogens with zero attached hydrogens (tertiary/aromatic N) is 2. The summed E-state index contributed by atoms with van der Waals surface area (Å²) in [6.07, 6.45) is 1.41. The van der Waals surface area contributed by atoms with E-state index in [0.717, 1.165) is 12.1 Å². The number of nitrogens with one attached hydrogen (secondary N) is 2. The number of hydrogen-bond donors (Lipinski definition) is 2. The zero-order valence-corrected chi connectivity index (χ0v) is 20.5. The molecule has 1 aliphatic heterocycles. The first-order chi connectivity index (χ1) is 15.3. The van der Waals surface area contributed by atoms with Crippen molar-refractivity contribution in [2.45, 2.75) is 19.8 Å². The Morgan fingerprint density at radius 1 is 1.00 bits per heavy atom. The summed E-state index contributed by atoms with van der Waals surface area (Å²) in [5.74, 6) is -0.262. The standard InChI is InChI=1S/C22H23Cl3N4O2S/c1-2-3-20(30)29-10-8-28(9-11-29)19-7-5-15(24)13-18(19)26-22(32)27-21(31)16-6-4-14(23)12-17(16)25/h4-7,12-13H,2-3,8-11H2,1H3,(H2,26,27,31,32). The Morgan fingerprint density at radius 2 is 1.66 bits per heavy atom. The van der Waals surface area contributed by atoms with Crippen LogP contribution in [0.3, 0.4) is 0 Å². The normalized spacial score (nSPS) is 13.6. The van der Waals surface area contributed by atoms with Crippen LogP contribution in [0.4, 0.5) is 11.4 Å². The molecule has 2 N–H and O–H groups in total. The third kappa shape index (κ3) is 6.25. The second-order valence-electron chi connectivity index (χ2n) is 7.31. The van der Waals surface area contributed by atoms with E-state index in [2.05, 4.69) is 15.5 Å². The number of hydrogen-bond acceptors (Lipinski definition) is 4. The van der Waals surface area contributed by atoms with Gasteiger partial charge in [0.25, 0.3) is 5.91 Å². The molecule has 3 rings (SSSR count). The van der Waals surface area contributed by atoms with Gasteiger partial charge in [-0.05, 0) is 55.0 Å². The van der Waals surface area contributed by atoms with E-state index >= 15 is 0 Å². The van der Waals surface area contributed by atoms with Crippen LogP contribution in [0.2, 0.25) is 15.1 Å². The van der Waals surface area contributed by atoms with Crippen LogP contribution in [-0.4, -0.2) is 48.0 Å². The average Bonchev–Trinajstić information content (AvgIpc) is 2.74. The van der Waals surface area contributed by atoms with Crippen molar-refractivity contribution in [3.05, 3.63) is 57.0 Å². The predicted molar refractivity (Wildman–Crippen MR) is 135 cm³/mol. The fraction of sp³-hybridized carbons (Fsp3) is 0.318. The van der Waals surface area contributed by atoms with Gasteiger partial charge in [-0.15, -0.1) is 0 Å². The highest BCUT2D eigenvalue weighted by Crippen LogP contribution is 2.30. The first kappa shape index (κ1) is 24.6. The van der Waals surface area contributed by atoms with Crippen molar-refractivity contribution in [3.63, 3.8) is 0 Å². The van der Waals surface area contributed by atoms with E-state index in [1.54, 1.807) is 18.2 Å². The quantitative estimate of drug-likeness (QED) is 0.537. The summed E-state index contributed by atoms with van der Waals surface area (Å²) in [5.41, 5.74) is 1.82. The van der Waals surface area contributed by atoms with Gasteiger partial charge in [-0.25, -0.2) is 0 Å². The molecule has 0 spiro atoms. The third-order valence-corrected chi connectivity index (χ3v) is 6.03. The Balaban J connectivity index is 1.68. The molecular weight excluding hydrogens is 491 g/mol. The largest absolute Gasteiger partial charge is 0.366 e. The lowest BCUT2D eigenvalue weighted by molar-refractivity contribution is -0.131. The molecule has 32 heavy (non-hydrogen) atoms. The van der Waals surface area contributed by atoms with Crippen LogP contribution in [0, 0.1) is 0 Å². The molecule has 0 bridgehead atoms. The fourth-order valence-corrected chi connectivity index (χ4v) is 4.32. The first-order valence-electron chi connectivity index (χ1n) is 10.2. The van der Waals surface area contributed by atoms with Crippen LogP contribution in [-0.2, 0) is 4.79 Å². The summed E-state index contributed by atoms with van der Waals surface area (Å²) in [5, 5.41) is 7.00. The number of piperazine rings is 1. The lowest BCUT2D eigenvalue weighted by atomic mass is 10.2. The van der Waals surface area contributed by atoms with Crippen LogP contribution in [0.15, 0.2) is 36.4 Å². The maximum absolute atomic E-state index is 12.5. The monoisotopic (exact) mass is 512 g/mol. The Labute approximate surface area is 207 Å². The molecule has 1 fully saturated rings. The molecule has 170 valence electrons. The molecule has 1 aliphatic rings. The maximum atomic E-state index is 12.5. The number of thiocarbonyl (C=S) groups is 1. The molecule has 0 unspecified atom stereocenters. The minimum Gasteiger partial charge on any atom is -0.366 e. The Hall–Kier alpha value is -2.06. The minimum atomic E-state index is -0.448. The highest BCUT2D eigenvalue weighted by Gasteiger charge is 2.23. The van der Waals surface area contributed by atoms with Crippen LogP contribution in [0.25, 0.3) is 0 Å². The fourth-order valence-electron chi connectivity index (χ4n) is 3.45. The number of carbonyl (C=O) groups is 2. The number of anilines is 2. The number of halogens is 3. The van der Waals surface area contributed by atoms with E-state index < -0.39 is 5.91 Å². The van der Waals surface area contributed by atoms with Gasteiger partial charge in [0.15, 0.2) is 5.11 Å². The summed E-state index contributed by atoms with van der Waals surface area (Å²) in [6.45, 7) is 4.67. The topological polar surface area (TPSA) is 64.7 Å². The first-order valence-corrected chi connectivity index (χ1v) is 11.7. The molecule has 6 nitrogen and oxygen atoms in total. The van der Waals surface area contributed by atoms with E-state index in [1.165, 1.54) is 12.1 Å². The van der Waals surface area contributed by atoms with Crippen molar-refractivity contribution in [3.8, 4) is 0 Å². The van der Waals surface area contributed by atoms with Crippen LogP contribution in [0.1, 0.15) is 30.1 Å². The van der Waals surface area contributed by atoms with E-state index in [0.29, 0.717) is 48.3 Å². The summed E-state index contributed by atoms with van der Waals surface area (Å²) in [7, 11) is 0. The van der Waals surface area contributed by atoms with E-state index in [4.69, 9.17) is 47.0 Å². The molecule has 0 aromatic heterocycles. The molecular formula is C22H23Cl3N4O2S. The van der Waals surface area contributed by atoms with Crippen molar-refractivity contribution in [1.82, 2.24) is 10.2 Å². The average molecular weight is 514 g/mol. The number of rotatable bonds is 5. The molecule has 10 heteroatoms. The van der Waals surface area contributed by atoms with E-state index in [9.17, 15) is 9.59 Å². The summed E-state index contributed by atoms with van der Waals surface area (Å²) < 4.78 is 0. The van der Waals surface area contributed by atoms with E-state index in [-0.39, 0.29) is 21.6 Å². The van der Waals surface area contributed by atoms with Crippen molar-refractivity contribution >= 4 is 75.3 Å². The maximum Gasteiger partial charge on any atom is 0.258 e. The van der Waals surface area contributed by atoms with Gasteiger partial charge in [-0.1, -0.05) is 41.7 Å². The molecule has 2 aromatic carbocycles. The molecule has 2 aromatic rings.